The summed E-state index contributed by atoms with van der Waals surface area (Å²) in [5.41, 5.74) is -0.571. The Morgan fingerprint density at radius 2 is 1.86 bits per heavy atom. The van der Waals surface area contributed by atoms with Crippen LogP contribution < -0.4 is 0 Å². The van der Waals surface area contributed by atoms with Crippen molar-refractivity contribution in [2.45, 2.75) is 40.2 Å². The van der Waals surface area contributed by atoms with Gasteiger partial charge in [0.15, 0.2) is 0 Å². The maximum atomic E-state index is 12.3. The topological polar surface area (TPSA) is 63.6 Å². The highest BCUT2D eigenvalue weighted by Crippen LogP contribution is 2.56. The van der Waals surface area contributed by atoms with Gasteiger partial charge in [0.1, 0.15) is 6.61 Å². The Morgan fingerprint density at radius 1 is 1.24 bits per heavy atom. The third-order valence-electron chi connectivity index (χ3n) is 5.21. The van der Waals surface area contributed by atoms with Crippen molar-refractivity contribution in [3.05, 3.63) is 35.9 Å². The maximum absolute atomic E-state index is 12.3. The molecule has 1 aliphatic rings. The predicted molar refractivity (Wildman–Crippen MR) is 78.5 cm³/mol. The van der Waals surface area contributed by atoms with Crippen molar-refractivity contribution in [1.29, 1.82) is 0 Å². The molecule has 0 heterocycles. The first-order chi connectivity index (χ1) is 9.79. The van der Waals surface area contributed by atoms with E-state index in [9.17, 15) is 14.7 Å². The van der Waals surface area contributed by atoms with Gasteiger partial charge in [-0.2, -0.15) is 0 Å². The fourth-order valence-electron chi connectivity index (χ4n) is 3.12. The van der Waals surface area contributed by atoms with E-state index in [1.54, 1.807) is 6.92 Å². The number of carbonyl (C=O) groups is 2. The second-order valence-corrected chi connectivity index (χ2v) is 6.54. The summed E-state index contributed by atoms with van der Waals surface area (Å²) in [6, 6.07) is 9.49. The molecule has 0 amide bonds. The SMILES string of the molecule is CC1(C)[C@@H](C(=O)OCc2ccccc2)CC[C@@]1(C)C(=O)O. The van der Waals surface area contributed by atoms with Gasteiger partial charge < -0.3 is 9.84 Å². The monoisotopic (exact) mass is 290 g/mol. The third kappa shape index (κ3) is 2.67. The van der Waals surface area contributed by atoms with Crippen LogP contribution in [0.1, 0.15) is 39.2 Å². The van der Waals surface area contributed by atoms with Crippen LogP contribution in [0, 0.1) is 16.7 Å². The smallest absolute Gasteiger partial charge is 0.309 e. The first-order valence-electron chi connectivity index (χ1n) is 7.23. The summed E-state index contributed by atoms with van der Waals surface area (Å²) in [5.74, 6) is -1.51. The van der Waals surface area contributed by atoms with E-state index in [0.29, 0.717) is 12.8 Å². The highest BCUT2D eigenvalue weighted by Gasteiger charge is 2.58. The van der Waals surface area contributed by atoms with Crippen LogP contribution in [0.3, 0.4) is 0 Å². The van der Waals surface area contributed by atoms with Gasteiger partial charge in [0.05, 0.1) is 11.3 Å². The lowest BCUT2D eigenvalue weighted by atomic mass is 9.66. The van der Waals surface area contributed by atoms with Gasteiger partial charge in [-0.05, 0) is 30.7 Å². The number of carboxylic acids is 1. The van der Waals surface area contributed by atoms with Crippen molar-refractivity contribution in [2.75, 3.05) is 0 Å². The van der Waals surface area contributed by atoms with Crippen molar-refractivity contribution in [2.24, 2.45) is 16.7 Å². The third-order valence-corrected chi connectivity index (χ3v) is 5.21. The van der Waals surface area contributed by atoms with Crippen molar-refractivity contribution in [3.63, 3.8) is 0 Å². The van der Waals surface area contributed by atoms with E-state index in [1.165, 1.54) is 0 Å². The molecule has 1 N–H and O–H groups in total. The summed E-state index contributed by atoms with van der Waals surface area (Å²) >= 11 is 0. The lowest BCUT2D eigenvalue weighted by molar-refractivity contribution is -0.161. The van der Waals surface area contributed by atoms with Crippen LogP contribution in [0.2, 0.25) is 0 Å². The fourth-order valence-corrected chi connectivity index (χ4v) is 3.12. The first-order valence-corrected chi connectivity index (χ1v) is 7.23. The fraction of sp³-hybridized carbons (Fsp3) is 0.529. The van der Waals surface area contributed by atoms with E-state index in [4.69, 9.17) is 4.74 Å². The van der Waals surface area contributed by atoms with E-state index < -0.39 is 16.8 Å². The van der Waals surface area contributed by atoms with Crippen LogP contribution in [-0.2, 0) is 20.9 Å². The van der Waals surface area contributed by atoms with E-state index in [2.05, 4.69) is 0 Å². The van der Waals surface area contributed by atoms with E-state index >= 15 is 0 Å². The standard InChI is InChI=1S/C17H22O4/c1-16(2)13(9-10-17(16,3)15(19)20)14(18)21-11-12-7-5-4-6-8-12/h4-8,13H,9-11H2,1-3H3,(H,19,20)/t13-,17+/m1/s1. The zero-order chi connectivity index (χ0) is 15.7. The zero-order valence-electron chi connectivity index (χ0n) is 12.8. The summed E-state index contributed by atoms with van der Waals surface area (Å²) in [5, 5.41) is 9.46. The second-order valence-electron chi connectivity index (χ2n) is 6.54. The Hall–Kier alpha value is -1.84. The maximum Gasteiger partial charge on any atom is 0.309 e. The molecule has 0 spiro atoms. The Morgan fingerprint density at radius 3 is 2.38 bits per heavy atom. The van der Waals surface area contributed by atoms with Crippen LogP contribution in [0.15, 0.2) is 30.3 Å². The highest BCUT2D eigenvalue weighted by molar-refractivity contribution is 5.80. The molecule has 1 aliphatic carbocycles. The minimum atomic E-state index is -0.885. The average molecular weight is 290 g/mol. The van der Waals surface area contributed by atoms with Gasteiger partial charge in [0, 0.05) is 0 Å². The molecule has 0 aromatic heterocycles. The molecule has 4 nitrogen and oxygen atoms in total. The highest BCUT2D eigenvalue weighted by atomic mass is 16.5. The number of carboxylic acid groups (broad SMARTS) is 1. The predicted octanol–water partition coefficient (Wildman–Crippen LogP) is 3.26. The van der Waals surface area contributed by atoms with E-state index in [1.807, 2.05) is 44.2 Å². The van der Waals surface area contributed by atoms with Crippen LogP contribution in [0.5, 0.6) is 0 Å². The van der Waals surface area contributed by atoms with Crippen LogP contribution in [0.25, 0.3) is 0 Å². The van der Waals surface area contributed by atoms with Crippen LogP contribution >= 0.6 is 0 Å². The Bertz CT molecular complexity index is 535. The largest absolute Gasteiger partial charge is 0.481 e. The molecule has 0 radical (unpaired) electrons. The van der Waals surface area contributed by atoms with Crippen molar-refractivity contribution >= 4 is 11.9 Å². The molecule has 114 valence electrons. The van der Waals surface area contributed by atoms with Crippen molar-refractivity contribution in [1.82, 2.24) is 0 Å². The van der Waals surface area contributed by atoms with E-state index in [-0.39, 0.29) is 18.5 Å². The minimum Gasteiger partial charge on any atom is -0.481 e. The van der Waals surface area contributed by atoms with Gasteiger partial charge in [0.25, 0.3) is 0 Å². The summed E-state index contributed by atoms with van der Waals surface area (Å²) in [6.45, 7) is 5.65. The molecule has 0 bridgehead atoms. The van der Waals surface area contributed by atoms with Crippen molar-refractivity contribution < 1.29 is 19.4 Å². The number of ether oxygens (including phenoxy) is 1. The van der Waals surface area contributed by atoms with Crippen LogP contribution in [0.4, 0.5) is 0 Å². The number of hydrogen-bond donors (Lipinski definition) is 1. The minimum absolute atomic E-state index is 0.232. The molecule has 0 unspecified atom stereocenters. The summed E-state index contributed by atoms with van der Waals surface area (Å²) in [7, 11) is 0. The number of rotatable bonds is 4. The molecule has 2 atom stereocenters. The van der Waals surface area contributed by atoms with Crippen LogP contribution in [-0.4, -0.2) is 17.0 Å². The molecule has 0 saturated heterocycles. The van der Waals surface area contributed by atoms with Gasteiger partial charge in [-0.25, -0.2) is 0 Å². The molecule has 2 rings (SSSR count). The number of esters is 1. The summed E-state index contributed by atoms with van der Waals surface area (Å²) in [4.78, 5) is 23.9. The Balaban J connectivity index is 2.05. The molecular weight excluding hydrogens is 268 g/mol. The van der Waals surface area contributed by atoms with Gasteiger partial charge >= 0.3 is 11.9 Å². The molecule has 21 heavy (non-hydrogen) atoms. The average Bonchev–Trinajstić information content (AvgIpc) is 2.69. The number of benzene rings is 1. The van der Waals surface area contributed by atoms with Gasteiger partial charge in [-0.3, -0.25) is 9.59 Å². The molecule has 1 saturated carbocycles. The van der Waals surface area contributed by atoms with Gasteiger partial charge in [0.2, 0.25) is 0 Å². The molecule has 0 aliphatic heterocycles. The second kappa shape index (κ2) is 5.51. The lowest BCUT2D eigenvalue weighted by Crippen LogP contribution is -2.43. The normalized spacial score (nSPS) is 27.3. The molecular formula is C17H22O4. The van der Waals surface area contributed by atoms with Gasteiger partial charge in [-0.1, -0.05) is 44.2 Å². The molecule has 4 heteroatoms. The lowest BCUT2D eigenvalue weighted by Gasteiger charge is -2.37. The summed E-state index contributed by atoms with van der Waals surface area (Å²) < 4.78 is 5.39. The quantitative estimate of drug-likeness (QED) is 0.864. The summed E-state index contributed by atoms with van der Waals surface area (Å²) in [6.07, 6.45) is 1.06. The molecule has 1 aromatic carbocycles. The van der Waals surface area contributed by atoms with E-state index in [0.717, 1.165) is 5.56 Å². The number of carbonyl (C=O) groups excluding carboxylic acids is 1. The first kappa shape index (κ1) is 15.5. The number of aliphatic carboxylic acids is 1. The number of hydrogen-bond acceptors (Lipinski definition) is 3. The molecule has 1 aromatic rings. The van der Waals surface area contributed by atoms with Crippen molar-refractivity contribution in [3.8, 4) is 0 Å². The Kier molecular flexibility index (Phi) is 4.08. The molecule has 1 fully saturated rings. The Labute approximate surface area is 125 Å². The zero-order valence-corrected chi connectivity index (χ0v) is 12.8. The van der Waals surface area contributed by atoms with Gasteiger partial charge in [-0.15, -0.1) is 0 Å².